The van der Waals surface area contributed by atoms with E-state index in [1.165, 1.54) is 0 Å². The van der Waals surface area contributed by atoms with Crippen molar-refractivity contribution in [3.05, 3.63) is 35.2 Å². The van der Waals surface area contributed by atoms with Gasteiger partial charge >= 0.3 is 5.97 Å². The van der Waals surface area contributed by atoms with Crippen molar-refractivity contribution in [2.24, 2.45) is 0 Å². The normalized spacial score (nSPS) is 11.3. The molecule has 3 nitrogen and oxygen atoms in total. The summed E-state index contributed by atoms with van der Waals surface area (Å²) in [5.41, 5.74) is 2.63. The largest absolute Gasteiger partial charge is 0.463 e. The minimum Gasteiger partial charge on any atom is -0.463 e. The van der Waals surface area contributed by atoms with E-state index in [2.05, 4.69) is 4.98 Å². The first-order valence-corrected chi connectivity index (χ1v) is 4.91. The fourth-order valence-corrected chi connectivity index (χ4v) is 1.16. The van der Waals surface area contributed by atoms with Gasteiger partial charge in [0, 0.05) is 18.0 Å². The third-order valence-corrected chi connectivity index (χ3v) is 2.05. The van der Waals surface area contributed by atoms with Crippen LogP contribution in [0.4, 0.5) is 0 Å². The van der Waals surface area contributed by atoms with Crippen molar-refractivity contribution >= 4 is 12.0 Å². The molecule has 0 unspecified atom stereocenters. The Bertz CT molecular complexity index is 383. The van der Waals surface area contributed by atoms with Crippen LogP contribution in [-0.2, 0) is 9.53 Å². The lowest BCUT2D eigenvalue weighted by molar-refractivity contribution is -0.138. The number of esters is 1. The van der Waals surface area contributed by atoms with Crippen LogP contribution < -0.4 is 0 Å². The standard InChI is InChI=1S/C12H15NO2/c1-4-15-12(14)10(3)7-11-8-13-6-5-9(11)2/h5-8H,4H2,1-3H3/b10-7+. The lowest BCUT2D eigenvalue weighted by atomic mass is 10.1. The van der Waals surface area contributed by atoms with Crippen molar-refractivity contribution in [3.63, 3.8) is 0 Å². The molecule has 0 spiro atoms. The van der Waals surface area contributed by atoms with Gasteiger partial charge in [-0.25, -0.2) is 4.79 Å². The van der Waals surface area contributed by atoms with Crippen LogP contribution in [0.3, 0.4) is 0 Å². The first kappa shape index (κ1) is 11.4. The van der Waals surface area contributed by atoms with Crippen LogP contribution in [0, 0.1) is 6.92 Å². The first-order valence-electron chi connectivity index (χ1n) is 4.91. The molecule has 3 heteroatoms. The van der Waals surface area contributed by atoms with Crippen molar-refractivity contribution in [3.8, 4) is 0 Å². The number of pyridine rings is 1. The van der Waals surface area contributed by atoms with E-state index in [1.54, 1.807) is 32.3 Å². The molecule has 0 saturated carbocycles. The second-order valence-electron chi connectivity index (χ2n) is 3.28. The van der Waals surface area contributed by atoms with E-state index in [4.69, 9.17) is 4.74 Å². The summed E-state index contributed by atoms with van der Waals surface area (Å²) < 4.78 is 4.89. The number of nitrogens with zero attached hydrogens (tertiary/aromatic N) is 1. The Morgan fingerprint density at radius 1 is 1.60 bits per heavy atom. The van der Waals surface area contributed by atoms with Gasteiger partial charge in [0.25, 0.3) is 0 Å². The Kier molecular flexibility index (Phi) is 4.03. The summed E-state index contributed by atoms with van der Waals surface area (Å²) >= 11 is 0. The summed E-state index contributed by atoms with van der Waals surface area (Å²) in [4.78, 5) is 15.4. The fraction of sp³-hybridized carbons (Fsp3) is 0.333. The van der Waals surface area contributed by atoms with Crippen LogP contribution in [0.5, 0.6) is 0 Å². The molecule has 0 bridgehead atoms. The van der Waals surface area contributed by atoms with E-state index in [0.717, 1.165) is 11.1 Å². The Morgan fingerprint density at radius 2 is 2.33 bits per heavy atom. The highest BCUT2D eigenvalue weighted by atomic mass is 16.5. The molecule has 0 radical (unpaired) electrons. The van der Waals surface area contributed by atoms with E-state index in [9.17, 15) is 4.79 Å². The van der Waals surface area contributed by atoms with Gasteiger partial charge in [0.05, 0.1) is 6.61 Å². The molecule has 0 saturated heterocycles. The lowest BCUT2D eigenvalue weighted by Crippen LogP contribution is -2.04. The molecule has 80 valence electrons. The average molecular weight is 205 g/mol. The summed E-state index contributed by atoms with van der Waals surface area (Å²) in [6, 6.07) is 1.91. The smallest absolute Gasteiger partial charge is 0.333 e. The average Bonchev–Trinajstić information content (AvgIpc) is 2.21. The van der Waals surface area contributed by atoms with Gasteiger partial charge in [0.2, 0.25) is 0 Å². The number of rotatable bonds is 3. The molecule has 0 aromatic carbocycles. The summed E-state index contributed by atoms with van der Waals surface area (Å²) in [6.07, 6.45) is 5.25. The second kappa shape index (κ2) is 5.29. The molecule has 0 aliphatic heterocycles. The van der Waals surface area contributed by atoms with Crippen molar-refractivity contribution in [1.82, 2.24) is 4.98 Å². The number of aromatic nitrogens is 1. The summed E-state index contributed by atoms with van der Waals surface area (Å²) in [6.45, 7) is 5.91. The van der Waals surface area contributed by atoms with Gasteiger partial charge in [0.15, 0.2) is 0 Å². The fourth-order valence-electron chi connectivity index (χ4n) is 1.16. The van der Waals surface area contributed by atoms with E-state index >= 15 is 0 Å². The van der Waals surface area contributed by atoms with Gasteiger partial charge in [-0.2, -0.15) is 0 Å². The number of ether oxygens (including phenoxy) is 1. The monoisotopic (exact) mass is 205 g/mol. The van der Waals surface area contributed by atoms with Crippen LogP contribution in [0.1, 0.15) is 25.0 Å². The van der Waals surface area contributed by atoms with Crippen LogP contribution >= 0.6 is 0 Å². The maximum atomic E-state index is 11.3. The molecule has 0 fully saturated rings. The number of carbonyl (C=O) groups is 1. The number of hydrogen-bond donors (Lipinski definition) is 0. The van der Waals surface area contributed by atoms with Gasteiger partial charge in [-0.1, -0.05) is 0 Å². The predicted molar refractivity (Wildman–Crippen MR) is 59.3 cm³/mol. The van der Waals surface area contributed by atoms with E-state index in [-0.39, 0.29) is 5.97 Å². The number of aryl methyl sites for hydroxylation is 1. The third-order valence-electron chi connectivity index (χ3n) is 2.05. The molecule has 1 aromatic heterocycles. The number of hydrogen-bond acceptors (Lipinski definition) is 3. The van der Waals surface area contributed by atoms with E-state index in [1.807, 2.05) is 13.0 Å². The van der Waals surface area contributed by atoms with Crippen molar-refractivity contribution in [1.29, 1.82) is 0 Å². The summed E-state index contributed by atoms with van der Waals surface area (Å²) in [5.74, 6) is -0.277. The molecule has 1 rings (SSSR count). The molecule has 1 aromatic rings. The van der Waals surface area contributed by atoms with Gasteiger partial charge in [-0.05, 0) is 44.0 Å². The molecule has 15 heavy (non-hydrogen) atoms. The molecule has 0 aliphatic rings. The minimum absolute atomic E-state index is 0.277. The van der Waals surface area contributed by atoms with Crippen LogP contribution in [-0.4, -0.2) is 17.6 Å². The molecular formula is C12H15NO2. The third kappa shape index (κ3) is 3.20. The van der Waals surface area contributed by atoms with Gasteiger partial charge in [-0.15, -0.1) is 0 Å². The van der Waals surface area contributed by atoms with Crippen molar-refractivity contribution in [2.45, 2.75) is 20.8 Å². The zero-order valence-electron chi connectivity index (χ0n) is 9.28. The van der Waals surface area contributed by atoms with Crippen molar-refractivity contribution < 1.29 is 9.53 Å². The lowest BCUT2D eigenvalue weighted by Gasteiger charge is -2.03. The molecular weight excluding hydrogens is 190 g/mol. The Labute approximate surface area is 89.8 Å². The van der Waals surface area contributed by atoms with E-state index in [0.29, 0.717) is 12.2 Å². The zero-order valence-corrected chi connectivity index (χ0v) is 9.28. The SMILES string of the molecule is CCOC(=O)/C(C)=C/c1cnccc1C. The highest BCUT2D eigenvalue weighted by molar-refractivity contribution is 5.93. The summed E-state index contributed by atoms with van der Waals surface area (Å²) in [5, 5.41) is 0. The molecule has 0 atom stereocenters. The Hall–Kier alpha value is -1.64. The van der Waals surface area contributed by atoms with Crippen LogP contribution in [0.2, 0.25) is 0 Å². The maximum absolute atomic E-state index is 11.3. The predicted octanol–water partition coefficient (Wildman–Crippen LogP) is 2.36. The quantitative estimate of drug-likeness (QED) is 0.561. The van der Waals surface area contributed by atoms with Gasteiger partial charge in [-0.3, -0.25) is 4.98 Å². The van der Waals surface area contributed by atoms with Gasteiger partial charge in [0.1, 0.15) is 0 Å². The second-order valence-corrected chi connectivity index (χ2v) is 3.28. The highest BCUT2D eigenvalue weighted by Gasteiger charge is 2.04. The van der Waals surface area contributed by atoms with Gasteiger partial charge < -0.3 is 4.74 Å². The number of carbonyl (C=O) groups excluding carboxylic acids is 1. The maximum Gasteiger partial charge on any atom is 0.333 e. The Morgan fingerprint density at radius 3 is 2.93 bits per heavy atom. The molecule has 0 N–H and O–H groups in total. The minimum atomic E-state index is -0.277. The van der Waals surface area contributed by atoms with Crippen molar-refractivity contribution in [2.75, 3.05) is 6.61 Å². The first-order chi connectivity index (χ1) is 7.15. The van der Waals surface area contributed by atoms with E-state index < -0.39 is 0 Å². The zero-order chi connectivity index (χ0) is 11.3. The Balaban J connectivity index is 2.88. The molecule has 1 heterocycles. The van der Waals surface area contributed by atoms with Crippen LogP contribution in [0.25, 0.3) is 6.08 Å². The molecule has 0 aliphatic carbocycles. The van der Waals surface area contributed by atoms with Crippen LogP contribution in [0.15, 0.2) is 24.0 Å². The molecule has 0 amide bonds. The summed E-state index contributed by atoms with van der Waals surface area (Å²) in [7, 11) is 0. The highest BCUT2D eigenvalue weighted by Crippen LogP contribution is 2.11. The topological polar surface area (TPSA) is 39.2 Å².